The fourth-order valence-corrected chi connectivity index (χ4v) is 2.68. The fourth-order valence-electron chi connectivity index (χ4n) is 2.68. The number of hydrogen-bond acceptors (Lipinski definition) is 2. The molecule has 0 aliphatic carbocycles. The van der Waals surface area contributed by atoms with Crippen molar-refractivity contribution in [3.63, 3.8) is 0 Å². The first kappa shape index (κ1) is 13.9. The van der Waals surface area contributed by atoms with Gasteiger partial charge in [0.2, 0.25) is 0 Å². The largest absolute Gasteiger partial charge is 0.347 e. The van der Waals surface area contributed by atoms with Gasteiger partial charge in [0, 0.05) is 50.7 Å². The average molecular weight is 282 g/mol. The Kier molecular flexibility index (Phi) is 4.06. The van der Waals surface area contributed by atoms with E-state index in [0.29, 0.717) is 0 Å². The molecule has 1 aromatic carbocycles. The van der Waals surface area contributed by atoms with Gasteiger partial charge in [-0.3, -0.25) is 0 Å². The van der Waals surface area contributed by atoms with Crippen LogP contribution in [0.15, 0.2) is 42.9 Å². The van der Waals surface area contributed by atoms with Crippen LogP contribution in [0, 0.1) is 0 Å². The standard InChI is InChI=1S/C17H22N4/c1-3-18-13-14-4-5-16-15(12-14)6-9-21(16)10-7-17-19-8-11-20(17)2/h4-6,8-9,11-12,18H,3,7,10,13H2,1-2H3. The third-order valence-electron chi connectivity index (χ3n) is 3.91. The zero-order chi connectivity index (χ0) is 14.7. The number of imidazole rings is 1. The Hall–Kier alpha value is -2.07. The first-order chi connectivity index (χ1) is 10.3. The molecule has 21 heavy (non-hydrogen) atoms. The van der Waals surface area contributed by atoms with Gasteiger partial charge in [-0.25, -0.2) is 4.98 Å². The molecule has 2 heterocycles. The van der Waals surface area contributed by atoms with E-state index in [1.807, 2.05) is 19.4 Å². The van der Waals surface area contributed by atoms with Gasteiger partial charge in [0.1, 0.15) is 5.82 Å². The first-order valence-corrected chi connectivity index (χ1v) is 7.52. The van der Waals surface area contributed by atoms with E-state index in [9.17, 15) is 0 Å². The summed E-state index contributed by atoms with van der Waals surface area (Å²) < 4.78 is 4.39. The number of benzene rings is 1. The lowest BCUT2D eigenvalue weighted by Crippen LogP contribution is -2.11. The summed E-state index contributed by atoms with van der Waals surface area (Å²) in [5.74, 6) is 1.13. The number of aryl methyl sites for hydroxylation is 3. The predicted octanol–water partition coefficient (Wildman–Crippen LogP) is 2.73. The quantitative estimate of drug-likeness (QED) is 0.754. The van der Waals surface area contributed by atoms with Crippen LogP contribution in [0.1, 0.15) is 18.3 Å². The van der Waals surface area contributed by atoms with E-state index >= 15 is 0 Å². The van der Waals surface area contributed by atoms with Crippen LogP contribution in [0.3, 0.4) is 0 Å². The van der Waals surface area contributed by atoms with Crippen LogP contribution in [-0.2, 0) is 26.6 Å². The highest BCUT2D eigenvalue weighted by molar-refractivity contribution is 5.80. The zero-order valence-corrected chi connectivity index (χ0v) is 12.7. The molecule has 2 aromatic heterocycles. The summed E-state index contributed by atoms with van der Waals surface area (Å²) in [6.45, 7) is 5.03. The van der Waals surface area contributed by atoms with Gasteiger partial charge >= 0.3 is 0 Å². The Bertz CT molecular complexity index is 723. The van der Waals surface area contributed by atoms with E-state index in [-0.39, 0.29) is 0 Å². The molecule has 0 aliphatic rings. The maximum atomic E-state index is 4.38. The van der Waals surface area contributed by atoms with Gasteiger partial charge in [-0.2, -0.15) is 0 Å². The fraction of sp³-hybridized carbons (Fsp3) is 0.353. The van der Waals surface area contributed by atoms with Gasteiger partial charge in [-0.15, -0.1) is 0 Å². The second-order valence-electron chi connectivity index (χ2n) is 5.39. The van der Waals surface area contributed by atoms with Crippen molar-refractivity contribution >= 4 is 10.9 Å². The molecule has 0 radical (unpaired) electrons. The molecule has 1 N–H and O–H groups in total. The minimum atomic E-state index is 0.935. The number of rotatable bonds is 6. The molecular formula is C17H22N4. The van der Waals surface area contributed by atoms with E-state index in [1.54, 1.807) is 0 Å². The minimum Gasteiger partial charge on any atom is -0.347 e. The van der Waals surface area contributed by atoms with Gasteiger partial charge in [0.15, 0.2) is 0 Å². The normalized spacial score (nSPS) is 11.3. The molecule has 3 aromatic rings. The summed E-state index contributed by atoms with van der Waals surface area (Å²) in [7, 11) is 2.04. The van der Waals surface area contributed by atoms with E-state index in [0.717, 1.165) is 31.9 Å². The van der Waals surface area contributed by atoms with Gasteiger partial charge in [0.25, 0.3) is 0 Å². The molecule has 4 heteroatoms. The SMILES string of the molecule is CCNCc1ccc2c(ccn2CCc2nccn2C)c1. The number of hydrogen-bond donors (Lipinski definition) is 1. The van der Waals surface area contributed by atoms with Crippen molar-refractivity contribution in [2.45, 2.75) is 26.4 Å². The summed E-state index contributed by atoms with van der Waals surface area (Å²) in [6.07, 6.45) is 6.98. The van der Waals surface area contributed by atoms with Gasteiger partial charge in [-0.05, 0) is 35.7 Å². The van der Waals surface area contributed by atoms with Crippen LogP contribution >= 0.6 is 0 Å². The van der Waals surface area contributed by atoms with Crippen molar-refractivity contribution in [2.75, 3.05) is 6.54 Å². The molecule has 4 nitrogen and oxygen atoms in total. The molecule has 0 saturated heterocycles. The van der Waals surface area contributed by atoms with E-state index < -0.39 is 0 Å². The number of aromatic nitrogens is 3. The maximum absolute atomic E-state index is 4.38. The lowest BCUT2D eigenvalue weighted by Gasteiger charge is -2.07. The molecular weight excluding hydrogens is 260 g/mol. The van der Waals surface area contributed by atoms with Gasteiger partial charge in [0.05, 0.1) is 0 Å². The van der Waals surface area contributed by atoms with Crippen molar-refractivity contribution in [3.8, 4) is 0 Å². The number of nitrogens with zero attached hydrogens (tertiary/aromatic N) is 3. The Labute approximate surface area is 125 Å². The highest BCUT2D eigenvalue weighted by Crippen LogP contribution is 2.18. The Morgan fingerprint density at radius 1 is 1.19 bits per heavy atom. The molecule has 0 amide bonds. The van der Waals surface area contributed by atoms with Crippen molar-refractivity contribution < 1.29 is 0 Å². The second-order valence-corrected chi connectivity index (χ2v) is 5.39. The topological polar surface area (TPSA) is 34.8 Å². The second kappa shape index (κ2) is 6.14. The molecule has 0 unspecified atom stereocenters. The lowest BCUT2D eigenvalue weighted by atomic mass is 10.1. The van der Waals surface area contributed by atoms with Crippen LogP contribution in [0.2, 0.25) is 0 Å². The van der Waals surface area contributed by atoms with Crippen LogP contribution in [0.4, 0.5) is 0 Å². The molecule has 0 spiro atoms. The first-order valence-electron chi connectivity index (χ1n) is 7.52. The number of fused-ring (bicyclic) bond motifs is 1. The van der Waals surface area contributed by atoms with E-state index in [1.165, 1.54) is 16.5 Å². The molecule has 0 saturated carbocycles. The smallest absolute Gasteiger partial charge is 0.110 e. The van der Waals surface area contributed by atoms with Crippen molar-refractivity contribution in [1.82, 2.24) is 19.4 Å². The average Bonchev–Trinajstić information content (AvgIpc) is 3.08. The summed E-state index contributed by atoms with van der Waals surface area (Å²) >= 11 is 0. The summed E-state index contributed by atoms with van der Waals surface area (Å²) in [5.41, 5.74) is 2.63. The Balaban J connectivity index is 1.76. The van der Waals surface area contributed by atoms with E-state index in [2.05, 4.69) is 56.8 Å². The van der Waals surface area contributed by atoms with Crippen LogP contribution in [0.5, 0.6) is 0 Å². The molecule has 0 aliphatic heterocycles. The molecule has 3 rings (SSSR count). The third-order valence-corrected chi connectivity index (χ3v) is 3.91. The van der Waals surface area contributed by atoms with Crippen molar-refractivity contribution in [3.05, 3.63) is 54.2 Å². The zero-order valence-electron chi connectivity index (χ0n) is 12.7. The molecule has 0 fully saturated rings. The van der Waals surface area contributed by atoms with Crippen molar-refractivity contribution in [2.24, 2.45) is 7.05 Å². The summed E-state index contributed by atoms with van der Waals surface area (Å²) in [4.78, 5) is 4.38. The van der Waals surface area contributed by atoms with Crippen molar-refractivity contribution in [1.29, 1.82) is 0 Å². The predicted molar refractivity (Wildman–Crippen MR) is 86.2 cm³/mol. The van der Waals surface area contributed by atoms with Gasteiger partial charge < -0.3 is 14.5 Å². The monoisotopic (exact) mass is 282 g/mol. The van der Waals surface area contributed by atoms with Gasteiger partial charge in [-0.1, -0.05) is 13.0 Å². The Morgan fingerprint density at radius 2 is 2.10 bits per heavy atom. The van der Waals surface area contributed by atoms with E-state index in [4.69, 9.17) is 0 Å². The maximum Gasteiger partial charge on any atom is 0.110 e. The molecule has 0 atom stereocenters. The number of nitrogens with one attached hydrogen (secondary N) is 1. The summed E-state index contributed by atoms with van der Waals surface area (Å²) in [5, 5.41) is 4.68. The highest BCUT2D eigenvalue weighted by Gasteiger charge is 2.04. The Morgan fingerprint density at radius 3 is 2.86 bits per heavy atom. The molecule has 110 valence electrons. The summed E-state index contributed by atoms with van der Waals surface area (Å²) in [6, 6.07) is 8.90. The van der Waals surface area contributed by atoms with Crippen LogP contribution in [-0.4, -0.2) is 20.7 Å². The van der Waals surface area contributed by atoms with Crippen LogP contribution < -0.4 is 5.32 Å². The highest BCUT2D eigenvalue weighted by atomic mass is 15.0. The lowest BCUT2D eigenvalue weighted by molar-refractivity contribution is 0.667. The molecule has 0 bridgehead atoms. The van der Waals surface area contributed by atoms with Crippen LogP contribution in [0.25, 0.3) is 10.9 Å². The minimum absolute atomic E-state index is 0.935. The third kappa shape index (κ3) is 3.00.